The first-order chi connectivity index (χ1) is 12.0. The van der Waals surface area contributed by atoms with Crippen LogP contribution in [0, 0.1) is 40.9 Å². The number of allylic oxidation sites excluding steroid dienone is 2. The van der Waals surface area contributed by atoms with E-state index in [9.17, 15) is 4.79 Å². The number of carbonyl (C=O) groups is 1. The van der Waals surface area contributed by atoms with Crippen molar-refractivity contribution in [2.75, 3.05) is 0 Å². The van der Waals surface area contributed by atoms with Crippen LogP contribution in [-0.4, -0.2) is 5.78 Å². The van der Waals surface area contributed by atoms with E-state index in [-0.39, 0.29) is 5.41 Å². The summed E-state index contributed by atoms with van der Waals surface area (Å²) in [7, 11) is 0. The third-order valence-electron chi connectivity index (χ3n) is 9.16. The van der Waals surface area contributed by atoms with Crippen LogP contribution in [0.25, 0.3) is 0 Å². The zero-order valence-corrected chi connectivity index (χ0v) is 16.7. The molecule has 1 heteroatoms. The first kappa shape index (κ1) is 17.8. The van der Waals surface area contributed by atoms with Crippen LogP contribution in [-0.2, 0) is 4.79 Å². The average Bonchev–Trinajstić information content (AvgIpc) is 2.90. The Labute approximate surface area is 155 Å². The minimum absolute atomic E-state index is 0.0424. The first-order valence-electron chi connectivity index (χ1n) is 11.0. The summed E-state index contributed by atoms with van der Waals surface area (Å²) in [6.45, 7) is 7.11. The van der Waals surface area contributed by atoms with Crippen molar-refractivity contribution in [1.29, 1.82) is 0 Å². The van der Waals surface area contributed by atoms with Crippen molar-refractivity contribution < 1.29 is 4.79 Å². The lowest BCUT2D eigenvalue weighted by atomic mass is 9.45. The largest absolute Gasteiger partial charge is 0.331 e. The third kappa shape index (κ3) is 2.76. The van der Waals surface area contributed by atoms with Crippen molar-refractivity contribution in [2.24, 2.45) is 34.5 Å². The molecule has 1 nitrogen and oxygen atoms in total. The number of hydrogen-bond donors (Lipinski definition) is 0. The highest BCUT2D eigenvalue weighted by atomic mass is 16.1. The van der Waals surface area contributed by atoms with Crippen molar-refractivity contribution in [3.05, 3.63) is 18.1 Å². The predicted molar refractivity (Wildman–Crippen MR) is 104 cm³/mol. The molecule has 0 spiro atoms. The van der Waals surface area contributed by atoms with E-state index in [1.807, 2.05) is 0 Å². The second kappa shape index (κ2) is 6.54. The van der Waals surface area contributed by atoms with Crippen LogP contribution < -0.4 is 0 Å². The molecule has 25 heavy (non-hydrogen) atoms. The molecule has 0 aromatic rings. The maximum absolute atomic E-state index is 12.5. The molecule has 0 saturated heterocycles. The fourth-order valence-corrected chi connectivity index (χ4v) is 7.52. The van der Waals surface area contributed by atoms with Crippen molar-refractivity contribution in [2.45, 2.75) is 91.4 Å². The van der Waals surface area contributed by atoms with E-state index in [0.29, 0.717) is 17.1 Å². The molecule has 6 unspecified atom stereocenters. The molecule has 4 aliphatic rings. The molecule has 0 aliphatic heterocycles. The number of unbranched alkanes of at least 4 members (excludes halogenated alkanes) is 2. The summed E-state index contributed by atoms with van der Waals surface area (Å²) in [5, 5.41) is 0. The summed E-state index contributed by atoms with van der Waals surface area (Å²) in [6.07, 6.45) is 18.8. The average molecular weight is 342 g/mol. The quantitative estimate of drug-likeness (QED) is 0.324. The van der Waals surface area contributed by atoms with E-state index < -0.39 is 0 Å². The highest BCUT2D eigenvalue weighted by Gasteiger charge is 2.59. The molecule has 0 heterocycles. The van der Waals surface area contributed by atoms with Crippen molar-refractivity contribution >= 4 is 5.78 Å². The zero-order chi connectivity index (χ0) is 17.7. The first-order valence-corrected chi connectivity index (χ1v) is 11.0. The monoisotopic (exact) mass is 341 g/mol. The van der Waals surface area contributed by atoms with Crippen LogP contribution in [0.2, 0.25) is 0 Å². The van der Waals surface area contributed by atoms with Crippen molar-refractivity contribution in [3.63, 3.8) is 0 Å². The molecule has 0 radical (unpaired) electrons. The minimum atomic E-state index is 0.0424. The molecule has 4 aliphatic carbocycles. The van der Waals surface area contributed by atoms with Gasteiger partial charge < -0.3 is 6.42 Å². The number of Topliss-reactive ketones (excluding diaryl/α,β-unsaturated/α-hetero) is 1. The van der Waals surface area contributed by atoms with E-state index >= 15 is 0 Å². The van der Waals surface area contributed by atoms with E-state index in [4.69, 9.17) is 0 Å². The van der Waals surface area contributed by atoms with Gasteiger partial charge in [0.1, 0.15) is 5.78 Å². The lowest BCUT2D eigenvalue weighted by molar-refractivity contribution is -0.137. The minimum Gasteiger partial charge on any atom is -0.331 e. The number of fused-ring (bicyclic) bond motifs is 5. The fraction of sp³-hybridized carbons (Fsp3) is 0.833. The van der Waals surface area contributed by atoms with Crippen molar-refractivity contribution in [1.82, 2.24) is 0 Å². The normalized spacial score (nSPS) is 48.1. The molecular weight excluding hydrogens is 304 g/mol. The van der Waals surface area contributed by atoms with Crippen LogP contribution in [0.15, 0.2) is 11.6 Å². The SMILES string of the molecule is C[CH-]CC/C=C1\CCC2(C)C(CCC3C4CCC(=O)C4(C)CCC32)C1. The summed E-state index contributed by atoms with van der Waals surface area (Å²) in [6, 6.07) is 0. The Bertz CT molecular complexity index is 560. The molecule has 0 N–H and O–H groups in total. The van der Waals surface area contributed by atoms with Gasteiger partial charge in [0, 0.05) is 11.8 Å². The van der Waals surface area contributed by atoms with Gasteiger partial charge in [-0.1, -0.05) is 31.9 Å². The highest BCUT2D eigenvalue weighted by molar-refractivity contribution is 5.87. The van der Waals surface area contributed by atoms with Gasteiger partial charge in [-0.3, -0.25) is 4.79 Å². The number of hydrogen-bond acceptors (Lipinski definition) is 1. The van der Waals surface area contributed by atoms with Crippen molar-refractivity contribution in [3.8, 4) is 0 Å². The van der Waals surface area contributed by atoms with Gasteiger partial charge in [0.15, 0.2) is 0 Å². The Morgan fingerprint density at radius 2 is 1.92 bits per heavy atom. The third-order valence-corrected chi connectivity index (χ3v) is 9.16. The molecule has 0 aromatic heterocycles. The molecule has 4 saturated carbocycles. The Morgan fingerprint density at radius 3 is 2.72 bits per heavy atom. The molecule has 140 valence electrons. The summed E-state index contributed by atoms with van der Waals surface area (Å²) in [5.74, 6) is 3.92. The maximum Gasteiger partial charge on any atom is 0.139 e. The number of rotatable bonds is 3. The molecular formula is C24H37O-. The predicted octanol–water partition coefficient (Wildman–Crippen LogP) is 6.53. The summed E-state index contributed by atoms with van der Waals surface area (Å²) < 4.78 is 0. The van der Waals surface area contributed by atoms with E-state index in [1.165, 1.54) is 64.2 Å². The zero-order valence-electron chi connectivity index (χ0n) is 16.7. The second-order valence-corrected chi connectivity index (χ2v) is 10.1. The lowest BCUT2D eigenvalue weighted by Crippen LogP contribution is -2.53. The molecule has 4 rings (SSSR count). The Morgan fingerprint density at radius 1 is 1.08 bits per heavy atom. The van der Waals surface area contributed by atoms with Crippen LogP contribution >= 0.6 is 0 Å². The van der Waals surface area contributed by atoms with Crippen LogP contribution in [0.3, 0.4) is 0 Å². The van der Waals surface area contributed by atoms with Gasteiger partial charge in [0.25, 0.3) is 0 Å². The van der Waals surface area contributed by atoms with E-state index in [1.54, 1.807) is 5.57 Å². The fourth-order valence-electron chi connectivity index (χ4n) is 7.52. The Kier molecular flexibility index (Phi) is 4.66. The molecule has 0 bridgehead atoms. The molecule has 0 aromatic carbocycles. The molecule has 4 fully saturated rings. The number of carbonyl (C=O) groups excluding carboxylic acids is 1. The van der Waals surface area contributed by atoms with Gasteiger partial charge in [-0.15, -0.1) is 0 Å². The Hall–Kier alpha value is -0.590. The van der Waals surface area contributed by atoms with Crippen LogP contribution in [0.4, 0.5) is 0 Å². The highest BCUT2D eigenvalue weighted by Crippen LogP contribution is 2.65. The topological polar surface area (TPSA) is 17.1 Å². The van der Waals surface area contributed by atoms with E-state index in [2.05, 4.69) is 33.3 Å². The van der Waals surface area contributed by atoms with Crippen LogP contribution in [0.5, 0.6) is 0 Å². The molecule has 6 atom stereocenters. The Balaban J connectivity index is 1.51. The second-order valence-electron chi connectivity index (χ2n) is 10.1. The summed E-state index contributed by atoms with van der Waals surface area (Å²) in [5.41, 5.74) is 2.34. The van der Waals surface area contributed by atoms with Gasteiger partial charge >= 0.3 is 0 Å². The van der Waals surface area contributed by atoms with Gasteiger partial charge in [-0.2, -0.15) is 13.3 Å². The molecule has 0 amide bonds. The van der Waals surface area contributed by atoms with Gasteiger partial charge in [0.2, 0.25) is 0 Å². The van der Waals surface area contributed by atoms with Gasteiger partial charge in [-0.25, -0.2) is 0 Å². The van der Waals surface area contributed by atoms with Gasteiger partial charge in [-0.05, 0) is 80.5 Å². The summed E-state index contributed by atoms with van der Waals surface area (Å²) in [4.78, 5) is 12.5. The van der Waals surface area contributed by atoms with Crippen LogP contribution in [0.1, 0.15) is 91.4 Å². The standard InChI is InChI=1S/C24H37O/c1-4-5-6-7-17-12-14-23(2)18(16-17)8-9-19-20-10-11-22(25)24(20,3)15-13-21(19)23/h4,7,18-21H,5-6,8-16H2,1-3H3/q-1/b17-7+. The smallest absolute Gasteiger partial charge is 0.139 e. The van der Waals surface area contributed by atoms with Gasteiger partial charge in [0.05, 0.1) is 0 Å². The van der Waals surface area contributed by atoms with E-state index in [0.717, 1.165) is 24.2 Å². The lowest BCUT2D eigenvalue weighted by Gasteiger charge is -2.59. The summed E-state index contributed by atoms with van der Waals surface area (Å²) >= 11 is 0. The maximum atomic E-state index is 12.5. The number of ketones is 1.